The van der Waals surface area contributed by atoms with Crippen LogP contribution in [0.1, 0.15) is 31.1 Å². The first-order valence-electron chi connectivity index (χ1n) is 9.47. The number of pyridine rings is 1. The number of nitrogens with zero attached hydrogens (tertiary/aromatic N) is 4. The van der Waals surface area contributed by atoms with Crippen molar-refractivity contribution >= 4 is 29.2 Å². The standard InChI is InChI=1S/C19H28N6O3/c1-19(2,3)22-15(26)12-24-5-7-25(8-6-24)18(28)13-9-14-17(20-10-13)21-11-16(27)23(14)4/h9-10H,5-8,11-12H2,1-4H3,(H,20,21)(H,22,26). The summed E-state index contributed by atoms with van der Waals surface area (Å²) in [6.45, 7) is 8.77. The quantitative estimate of drug-likeness (QED) is 0.765. The molecule has 28 heavy (non-hydrogen) atoms. The molecule has 0 unspecified atom stereocenters. The van der Waals surface area contributed by atoms with Crippen LogP contribution in [0.15, 0.2) is 12.3 Å². The minimum Gasteiger partial charge on any atom is -0.359 e. The van der Waals surface area contributed by atoms with E-state index in [0.29, 0.717) is 49.8 Å². The zero-order valence-electron chi connectivity index (χ0n) is 16.9. The van der Waals surface area contributed by atoms with Gasteiger partial charge >= 0.3 is 0 Å². The maximum absolute atomic E-state index is 12.9. The zero-order valence-corrected chi connectivity index (χ0v) is 16.9. The summed E-state index contributed by atoms with van der Waals surface area (Å²) in [7, 11) is 1.68. The predicted molar refractivity (Wildman–Crippen MR) is 106 cm³/mol. The highest BCUT2D eigenvalue weighted by molar-refractivity contribution is 6.03. The van der Waals surface area contributed by atoms with Gasteiger partial charge in [0.1, 0.15) is 5.82 Å². The Labute approximate surface area is 165 Å². The normalized spacial score (nSPS) is 17.8. The lowest BCUT2D eigenvalue weighted by Crippen LogP contribution is -2.52. The third-order valence-electron chi connectivity index (χ3n) is 4.80. The summed E-state index contributed by atoms with van der Waals surface area (Å²) < 4.78 is 0. The topological polar surface area (TPSA) is 97.9 Å². The van der Waals surface area contributed by atoms with Crippen molar-refractivity contribution in [2.75, 3.05) is 56.5 Å². The fourth-order valence-corrected chi connectivity index (χ4v) is 3.33. The monoisotopic (exact) mass is 388 g/mol. The number of hydrogen-bond donors (Lipinski definition) is 2. The molecule has 0 bridgehead atoms. The third kappa shape index (κ3) is 4.59. The zero-order chi connectivity index (χ0) is 20.5. The molecule has 1 saturated heterocycles. The van der Waals surface area contributed by atoms with Crippen molar-refractivity contribution in [3.05, 3.63) is 17.8 Å². The van der Waals surface area contributed by atoms with E-state index in [2.05, 4.69) is 15.6 Å². The maximum atomic E-state index is 12.9. The van der Waals surface area contributed by atoms with Crippen molar-refractivity contribution in [3.63, 3.8) is 0 Å². The second-order valence-electron chi connectivity index (χ2n) is 8.26. The lowest BCUT2D eigenvalue weighted by molar-refractivity contribution is -0.124. The molecule has 152 valence electrons. The Morgan fingerprint density at radius 2 is 1.89 bits per heavy atom. The Morgan fingerprint density at radius 1 is 1.21 bits per heavy atom. The number of carbonyl (C=O) groups excluding carboxylic acids is 3. The lowest BCUT2D eigenvalue weighted by Gasteiger charge is -2.35. The van der Waals surface area contributed by atoms with Gasteiger partial charge < -0.3 is 20.4 Å². The van der Waals surface area contributed by atoms with E-state index in [9.17, 15) is 14.4 Å². The van der Waals surface area contributed by atoms with E-state index in [1.165, 1.54) is 4.90 Å². The van der Waals surface area contributed by atoms with E-state index in [4.69, 9.17) is 0 Å². The van der Waals surface area contributed by atoms with Gasteiger partial charge in [0.25, 0.3) is 5.91 Å². The number of fused-ring (bicyclic) bond motifs is 1. The van der Waals surface area contributed by atoms with E-state index in [0.717, 1.165) is 0 Å². The fraction of sp³-hybridized carbons (Fsp3) is 0.579. The third-order valence-corrected chi connectivity index (χ3v) is 4.80. The number of anilines is 2. The molecule has 0 atom stereocenters. The van der Waals surface area contributed by atoms with Crippen LogP contribution in [-0.2, 0) is 9.59 Å². The van der Waals surface area contributed by atoms with E-state index >= 15 is 0 Å². The van der Waals surface area contributed by atoms with Gasteiger partial charge in [-0.15, -0.1) is 0 Å². The van der Waals surface area contributed by atoms with E-state index in [1.54, 1.807) is 24.2 Å². The Balaban J connectivity index is 1.59. The Morgan fingerprint density at radius 3 is 2.54 bits per heavy atom. The molecule has 0 aliphatic carbocycles. The summed E-state index contributed by atoms with van der Waals surface area (Å²) in [5, 5.41) is 5.91. The highest BCUT2D eigenvalue weighted by atomic mass is 16.2. The van der Waals surface area contributed by atoms with Gasteiger partial charge in [-0.25, -0.2) is 4.98 Å². The summed E-state index contributed by atoms with van der Waals surface area (Å²) in [6, 6.07) is 1.71. The van der Waals surface area contributed by atoms with Gasteiger partial charge in [0.05, 0.1) is 24.3 Å². The molecule has 9 heteroatoms. The van der Waals surface area contributed by atoms with Gasteiger partial charge in [-0.2, -0.15) is 0 Å². The van der Waals surface area contributed by atoms with E-state index in [1.807, 2.05) is 25.7 Å². The molecular weight excluding hydrogens is 360 g/mol. The van der Waals surface area contributed by atoms with Crippen molar-refractivity contribution in [1.29, 1.82) is 0 Å². The van der Waals surface area contributed by atoms with Crippen LogP contribution in [0.2, 0.25) is 0 Å². The molecule has 0 radical (unpaired) electrons. The van der Waals surface area contributed by atoms with Crippen molar-refractivity contribution in [3.8, 4) is 0 Å². The molecule has 0 saturated carbocycles. The summed E-state index contributed by atoms with van der Waals surface area (Å²) in [6.07, 6.45) is 1.54. The second kappa shape index (κ2) is 7.75. The minimum absolute atomic E-state index is 0.00799. The van der Waals surface area contributed by atoms with Crippen LogP contribution >= 0.6 is 0 Å². The van der Waals surface area contributed by atoms with Gasteiger partial charge in [-0.3, -0.25) is 19.3 Å². The molecule has 3 heterocycles. The highest BCUT2D eigenvalue weighted by Crippen LogP contribution is 2.27. The lowest BCUT2D eigenvalue weighted by atomic mass is 10.1. The van der Waals surface area contributed by atoms with Crippen LogP contribution < -0.4 is 15.5 Å². The van der Waals surface area contributed by atoms with Crippen molar-refractivity contribution in [2.45, 2.75) is 26.3 Å². The molecule has 0 aromatic carbocycles. The second-order valence-corrected chi connectivity index (χ2v) is 8.26. The van der Waals surface area contributed by atoms with Gasteiger partial charge in [-0.05, 0) is 26.8 Å². The van der Waals surface area contributed by atoms with Gasteiger partial charge in [0.2, 0.25) is 11.8 Å². The number of rotatable bonds is 3. The molecule has 1 aromatic rings. The maximum Gasteiger partial charge on any atom is 0.255 e. The number of amides is 3. The fourth-order valence-electron chi connectivity index (χ4n) is 3.33. The van der Waals surface area contributed by atoms with Crippen LogP contribution in [0, 0.1) is 0 Å². The molecule has 1 aromatic heterocycles. The van der Waals surface area contributed by atoms with E-state index in [-0.39, 0.29) is 29.8 Å². The van der Waals surface area contributed by atoms with Crippen molar-refractivity contribution < 1.29 is 14.4 Å². The molecular formula is C19H28N6O3. The number of hydrogen-bond acceptors (Lipinski definition) is 6. The SMILES string of the molecule is CN1C(=O)CNc2ncc(C(=O)N3CCN(CC(=O)NC(C)(C)C)CC3)cc21. The molecule has 0 spiro atoms. The van der Waals surface area contributed by atoms with Crippen molar-refractivity contribution in [2.24, 2.45) is 0 Å². The summed E-state index contributed by atoms with van der Waals surface area (Å²) in [5.74, 6) is 0.418. The van der Waals surface area contributed by atoms with Crippen LogP contribution in [0.4, 0.5) is 11.5 Å². The van der Waals surface area contributed by atoms with Gasteiger partial charge in [0, 0.05) is 45.0 Å². The first kappa shape index (κ1) is 20.1. The molecule has 3 rings (SSSR count). The minimum atomic E-state index is -0.252. The van der Waals surface area contributed by atoms with Gasteiger partial charge in [0.15, 0.2) is 0 Å². The van der Waals surface area contributed by atoms with Crippen LogP contribution in [-0.4, -0.2) is 84.4 Å². The Hall–Kier alpha value is -2.68. The summed E-state index contributed by atoms with van der Waals surface area (Å²) in [4.78, 5) is 46.4. The Bertz CT molecular complexity index is 780. The van der Waals surface area contributed by atoms with Crippen LogP contribution in [0.3, 0.4) is 0 Å². The smallest absolute Gasteiger partial charge is 0.255 e. The van der Waals surface area contributed by atoms with Crippen LogP contribution in [0.25, 0.3) is 0 Å². The largest absolute Gasteiger partial charge is 0.359 e. The van der Waals surface area contributed by atoms with Crippen molar-refractivity contribution in [1.82, 2.24) is 20.1 Å². The Kier molecular flexibility index (Phi) is 5.55. The van der Waals surface area contributed by atoms with E-state index < -0.39 is 0 Å². The van der Waals surface area contributed by atoms with Crippen LogP contribution in [0.5, 0.6) is 0 Å². The molecule has 2 N–H and O–H groups in total. The number of piperazine rings is 1. The average molecular weight is 388 g/mol. The predicted octanol–water partition coefficient (Wildman–Crippen LogP) is 0.142. The number of likely N-dealkylation sites (N-methyl/N-ethyl adjacent to an activating group) is 1. The molecule has 1 fully saturated rings. The van der Waals surface area contributed by atoms with Gasteiger partial charge in [-0.1, -0.05) is 0 Å². The molecule has 3 amide bonds. The summed E-state index contributed by atoms with van der Waals surface area (Å²) >= 11 is 0. The molecule has 2 aliphatic rings. The first-order valence-corrected chi connectivity index (χ1v) is 9.47. The summed E-state index contributed by atoms with van der Waals surface area (Å²) in [5.41, 5.74) is 0.818. The number of aromatic nitrogens is 1. The average Bonchev–Trinajstić information content (AvgIpc) is 2.63. The number of carbonyl (C=O) groups is 3. The molecule has 9 nitrogen and oxygen atoms in total. The number of nitrogens with one attached hydrogen (secondary N) is 2. The highest BCUT2D eigenvalue weighted by Gasteiger charge is 2.27. The first-order chi connectivity index (χ1) is 13.1. The molecule has 2 aliphatic heterocycles.